The number of likely N-dealkylation sites (N-methyl/N-ethyl adjacent to an activating group) is 1. The second-order valence-corrected chi connectivity index (χ2v) is 10.2. The fourth-order valence-electron chi connectivity index (χ4n) is 3.93. The van der Waals surface area contributed by atoms with E-state index in [0.717, 1.165) is 4.90 Å². The van der Waals surface area contributed by atoms with E-state index in [1.807, 2.05) is 20.8 Å². The van der Waals surface area contributed by atoms with E-state index in [1.54, 1.807) is 13.1 Å². The van der Waals surface area contributed by atoms with Crippen molar-refractivity contribution < 1.29 is 47.7 Å². The van der Waals surface area contributed by atoms with Crippen LogP contribution in [0.15, 0.2) is 18.2 Å². The van der Waals surface area contributed by atoms with Gasteiger partial charge in [-0.3, -0.25) is 29.4 Å². The molecule has 0 saturated carbocycles. The third kappa shape index (κ3) is 8.73. The van der Waals surface area contributed by atoms with Crippen LogP contribution in [0, 0.1) is 0 Å². The molecule has 1 fully saturated rings. The molecule has 5 amide bonds. The lowest BCUT2D eigenvalue weighted by atomic mass is 10.0. The number of carbonyl (C=O) groups is 5. The van der Waals surface area contributed by atoms with Crippen LogP contribution in [0.3, 0.4) is 0 Å². The van der Waals surface area contributed by atoms with Gasteiger partial charge in [0.25, 0.3) is 11.8 Å². The van der Waals surface area contributed by atoms with Crippen LogP contribution in [0.25, 0.3) is 0 Å². The summed E-state index contributed by atoms with van der Waals surface area (Å²) in [7, 11) is 1.65. The number of benzene rings is 1. The van der Waals surface area contributed by atoms with Gasteiger partial charge in [0.15, 0.2) is 0 Å². The Morgan fingerprint density at radius 1 is 0.925 bits per heavy atom. The molecule has 2 aliphatic heterocycles. The monoisotopic (exact) mass is 563 g/mol. The summed E-state index contributed by atoms with van der Waals surface area (Å²) in [5, 5.41) is 2.17. The van der Waals surface area contributed by atoms with Gasteiger partial charge < -0.3 is 28.6 Å². The average Bonchev–Trinajstić information content (AvgIpc) is 3.12. The van der Waals surface area contributed by atoms with Gasteiger partial charge in [-0.05, 0) is 45.4 Å². The van der Waals surface area contributed by atoms with Gasteiger partial charge in [-0.25, -0.2) is 4.79 Å². The van der Waals surface area contributed by atoms with Crippen LogP contribution in [-0.4, -0.2) is 111 Å². The standard InChI is InChI=1S/C27H37N3O10/c1-27(2,3)40-26(35)29(4)9-10-36-11-12-37-13-14-38-15-16-39-18-5-6-19-20(17-18)25(34)30(24(19)33)21-7-8-22(31)28-23(21)32/h5-6,17,21H,7-16H2,1-4H3,(H,28,31,32). The molecule has 1 aromatic rings. The van der Waals surface area contributed by atoms with Crippen molar-refractivity contribution in [3.05, 3.63) is 29.3 Å². The smallest absolute Gasteiger partial charge is 0.410 e. The Bertz CT molecular complexity index is 1100. The van der Waals surface area contributed by atoms with Crippen molar-refractivity contribution in [2.24, 2.45) is 0 Å². The van der Waals surface area contributed by atoms with Crippen LogP contribution in [-0.2, 0) is 28.5 Å². The molecule has 0 radical (unpaired) electrons. The summed E-state index contributed by atoms with van der Waals surface area (Å²) in [6.45, 7) is 8.18. The first kappa shape index (κ1) is 31.0. The van der Waals surface area contributed by atoms with E-state index in [-0.39, 0.29) is 37.2 Å². The molecule has 220 valence electrons. The van der Waals surface area contributed by atoms with Crippen LogP contribution in [0.4, 0.5) is 4.79 Å². The van der Waals surface area contributed by atoms with E-state index in [2.05, 4.69) is 5.32 Å². The summed E-state index contributed by atoms with van der Waals surface area (Å²) in [4.78, 5) is 63.4. The Morgan fingerprint density at radius 3 is 2.15 bits per heavy atom. The highest BCUT2D eigenvalue weighted by molar-refractivity contribution is 6.23. The second kappa shape index (κ2) is 14.2. The van der Waals surface area contributed by atoms with Gasteiger partial charge in [-0.2, -0.15) is 0 Å². The summed E-state index contributed by atoms with van der Waals surface area (Å²) < 4.78 is 27.3. The lowest BCUT2D eigenvalue weighted by Gasteiger charge is -2.27. The summed E-state index contributed by atoms with van der Waals surface area (Å²) >= 11 is 0. The number of amides is 5. The minimum Gasteiger partial charge on any atom is -0.491 e. The minimum absolute atomic E-state index is 0.0617. The minimum atomic E-state index is -1.01. The molecule has 40 heavy (non-hydrogen) atoms. The Balaban J connectivity index is 1.25. The predicted molar refractivity (Wildman–Crippen MR) is 140 cm³/mol. The molecular formula is C27H37N3O10. The number of hydrogen-bond donors (Lipinski definition) is 1. The molecule has 0 aromatic heterocycles. The molecule has 13 heteroatoms. The molecule has 0 spiro atoms. The lowest BCUT2D eigenvalue weighted by Crippen LogP contribution is -2.54. The zero-order valence-electron chi connectivity index (χ0n) is 23.4. The molecule has 2 aliphatic rings. The van der Waals surface area contributed by atoms with Crippen molar-refractivity contribution in [2.75, 3.05) is 59.8 Å². The van der Waals surface area contributed by atoms with E-state index in [4.69, 9.17) is 23.7 Å². The first-order valence-corrected chi connectivity index (χ1v) is 13.1. The average molecular weight is 564 g/mol. The van der Waals surface area contributed by atoms with Gasteiger partial charge in [-0.1, -0.05) is 0 Å². The first-order valence-electron chi connectivity index (χ1n) is 13.1. The van der Waals surface area contributed by atoms with Gasteiger partial charge in [0.1, 0.15) is 24.0 Å². The number of carbonyl (C=O) groups excluding carboxylic acids is 5. The first-order chi connectivity index (χ1) is 19.0. The second-order valence-electron chi connectivity index (χ2n) is 10.2. The molecule has 1 aromatic carbocycles. The highest BCUT2D eigenvalue weighted by Gasteiger charge is 2.44. The topological polar surface area (TPSA) is 150 Å². The summed E-state index contributed by atoms with van der Waals surface area (Å²) in [6, 6.07) is 3.52. The molecule has 1 unspecified atom stereocenters. The van der Waals surface area contributed by atoms with Crippen molar-refractivity contribution >= 4 is 29.7 Å². The van der Waals surface area contributed by atoms with Gasteiger partial charge in [-0.15, -0.1) is 0 Å². The number of piperidine rings is 1. The normalized spacial score (nSPS) is 17.1. The van der Waals surface area contributed by atoms with Crippen LogP contribution < -0.4 is 10.1 Å². The Labute approximate surface area is 233 Å². The molecule has 0 bridgehead atoms. The molecule has 2 heterocycles. The number of nitrogens with one attached hydrogen (secondary N) is 1. The maximum atomic E-state index is 12.9. The Kier molecular flexibility index (Phi) is 11.0. The summed E-state index contributed by atoms with van der Waals surface area (Å²) in [6.07, 6.45) is -0.239. The van der Waals surface area contributed by atoms with Crippen LogP contribution in [0.1, 0.15) is 54.3 Å². The number of nitrogens with zero attached hydrogens (tertiary/aromatic N) is 2. The fraction of sp³-hybridized carbons (Fsp3) is 0.593. The number of fused-ring (bicyclic) bond motifs is 1. The van der Waals surface area contributed by atoms with Gasteiger partial charge in [0.05, 0.1) is 50.8 Å². The molecule has 1 N–H and O–H groups in total. The van der Waals surface area contributed by atoms with Crippen LogP contribution in [0.2, 0.25) is 0 Å². The van der Waals surface area contributed by atoms with E-state index in [1.165, 1.54) is 17.0 Å². The van der Waals surface area contributed by atoms with E-state index in [0.29, 0.717) is 45.3 Å². The van der Waals surface area contributed by atoms with Crippen LogP contribution >= 0.6 is 0 Å². The molecular weight excluding hydrogens is 526 g/mol. The van der Waals surface area contributed by atoms with Crippen molar-refractivity contribution in [1.29, 1.82) is 0 Å². The Hall–Kier alpha value is -3.55. The van der Waals surface area contributed by atoms with E-state index >= 15 is 0 Å². The number of ether oxygens (including phenoxy) is 5. The largest absolute Gasteiger partial charge is 0.491 e. The summed E-state index contributed by atoms with van der Waals surface area (Å²) in [5.74, 6) is -1.85. The zero-order chi connectivity index (χ0) is 29.3. The molecule has 0 aliphatic carbocycles. The van der Waals surface area contributed by atoms with Crippen molar-refractivity contribution in [3.63, 3.8) is 0 Å². The van der Waals surface area contributed by atoms with Crippen molar-refractivity contribution in [2.45, 2.75) is 45.3 Å². The quantitative estimate of drug-likeness (QED) is 0.260. The molecule has 1 saturated heterocycles. The maximum Gasteiger partial charge on any atom is 0.410 e. The van der Waals surface area contributed by atoms with Crippen molar-refractivity contribution in [3.8, 4) is 5.75 Å². The van der Waals surface area contributed by atoms with E-state index < -0.39 is 41.4 Å². The van der Waals surface area contributed by atoms with Gasteiger partial charge in [0.2, 0.25) is 11.8 Å². The van der Waals surface area contributed by atoms with Gasteiger partial charge >= 0.3 is 6.09 Å². The zero-order valence-corrected chi connectivity index (χ0v) is 23.4. The van der Waals surface area contributed by atoms with E-state index in [9.17, 15) is 24.0 Å². The third-order valence-corrected chi connectivity index (χ3v) is 5.93. The molecule has 3 rings (SSSR count). The SMILES string of the molecule is CN(CCOCCOCCOCCOc1ccc2c(c1)C(=O)N(C1CCC(=O)NC1=O)C2=O)C(=O)OC(C)(C)C. The predicted octanol–water partition coefficient (Wildman–Crippen LogP) is 1.38. The Morgan fingerprint density at radius 2 is 1.52 bits per heavy atom. The number of rotatable bonds is 14. The maximum absolute atomic E-state index is 12.9. The third-order valence-electron chi connectivity index (χ3n) is 5.93. The number of imide groups is 2. The molecule has 1 atom stereocenters. The summed E-state index contributed by atoms with van der Waals surface area (Å²) in [5.41, 5.74) is -0.198. The highest BCUT2D eigenvalue weighted by Crippen LogP contribution is 2.30. The number of hydrogen-bond acceptors (Lipinski definition) is 10. The van der Waals surface area contributed by atoms with Crippen LogP contribution in [0.5, 0.6) is 5.75 Å². The highest BCUT2D eigenvalue weighted by atomic mass is 16.6. The van der Waals surface area contributed by atoms with Gasteiger partial charge in [0, 0.05) is 20.0 Å². The van der Waals surface area contributed by atoms with Crippen molar-refractivity contribution in [1.82, 2.24) is 15.1 Å². The molecule has 13 nitrogen and oxygen atoms in total. The lowest BCUT2D eigenvalue weighted by molar-refractivity contribution is -0.136. The fourth-order valence-corrected chi connectivity index (χ4v) is 3.93.